The Kier molecular flexibility index (Phi) is 6.83. The maximum atomic E-state index is 11.8. The first-order chi connectivity index (χ1) is 18.4. The number of fused-ring (bicyclic) bond motifs is 4. The van der Waals surface area contributed by atoms with E-state index in [0.717, 1.165) is 33.6 Å². The molecule has 192 valence electrons. The van der Waals surface area contributed by atoms with Crippen molar-refractivity contribution in [3.8, 4) is 0 Å². The van der Waals surface area contributed by atoms with Crippen LogP contribution in [0.15, 0.2) is 97.1 Å². The molecule has 6 N–H and O–H groups in total. The second-order valence-corrected chi connectivity index (χ2v) is 9.16. The molecular weight excluding hydrogens is 480 g/mol. The van der Waals surface area contributed by atoms with Crippen LogP contribution in [0.1, 0.15) is 34.5 Å². The zero-order chi connectivity index (χ0) is 26.8. The summed E-state index contributed by atoms with van der Waals surface area (Å²) in [5, 5.41) is 20.6. The van der Waals surface area contributed by atoms with E-state index in [0.29, 0.717) is 24.2 Å². The average Bonchev–Trinajstić information content (AvgIpc) is 3.12. The van der Waals surface area contributed by atoms with Gasteiger partial charge in [-0.05, 0) is 35.4 Å². The number of benzene rings is 4. The molecule has 0 spiro atoms. The summed E-state index contributed by atoms with van der Waals surface area (Å²) in [4.78, 5) is 26.5. The molecule has 0 saturated carbocycles. The van der Waals surface area contributed by atoms with Crippen LogP contribution in [-0.4, -0.2) is 22.3 Å². The first-order valence-corrected chi connectivity index (χ1v) is 12.3. The van der Waals surface area contributed by atoms with Crippen LogP contribution in [0.5, 0.6) is 0 Å². The van der Waals surface area contributed by atoms with E-state index < -0.39 is 24.3 Å². The molecule has 8 nitrogen and oxygen atoms in total. The van der Waals surface area contributed by atoms with Crippen LogP contribution in [0.4, 0.5) is 32.3 Å². The van der Waals surface area contributed by atoms with E-state index in [4.69, 9.17) is 11.5 Å². The van der Waals surface area contributed by atoms with E-state index in [9.17, 15) is 19.8 Å². The monoisotopic (exact) mass is 508 g/mol. The number of carbonyl (C=O) groups excluding carboxylic acids is 2. The van der Waals surface area contributed by atoms with Gasteiger partial charge >= 0.3 is 12.1 Å². The van der Waals surface area contributed by atoms with Crippen molar-refractivity contribution in [3.05, 3.63) is 119 Å². The third-order valence-electron chi connectivity index (χ3n) is 6.81. The zero-order valence-electron chi connectivity index (χ0n) is 20.6. The fraction of sp³-hybridized carbons (Fsp3) is 0.133. The zero-order valence-corrected chi connectivity index (χ0v) is 20.6. The number of para-hydroxylation sites is 4. The minimum Gasteiger partial charge on any atom is -0.388 e. The Morgan fingerprint density at radius 1 is 0.553 bits per heavy atom. The standard InChI is InChI=1S/2C15H14N2O2/c2*16-15(19)17-12-7-3-1-5-10(12)9-14(18)11-6-2-4-8-13(11)17/h2*1-8,14,18H,9H2,(H2,16,19)/t2*14-/m10/s1. The Balaban J connectivity index is 0.000000155. The van der Waals surface area contributed by atoms with Crippen LogP contribution in [0.2, 0.25) is 0 Å². The van der Waals surface area contributed by atoms with E-state index in [1.54, 1.807) is 12.1 Å². The third-order valence-corrected chi connectivity index (χ3v) is 6.81. The summed E-state index contributed by atoms with van der Waals surface area (Å²) in [7, 11) is 0. The van der Waals surface area contributed by atoms with Crippen LogP contribution in [0.25, 0.3) is 0 Å². The molecule has 4 amide bonds. The first kappa shape index (κ1) is 25.0. The van der Waals surface area contributed by atoms with Gasteiger partial charge < -0.3 is 21.7 Å². The highest BCUT2D eigenvalue weighted by atomic mass is 16.3. The van der Waals surface area contributed by atoms with Crippen LogP contribution in [-0.2, 0) is 12.8 Å². The first-order valence-electron chi connectivity index (χ1n) is 12.3. The smallest absolute Gasteiger partial charge is 0.323 e. The number of amides is 4. The Bertz CT molecular complexity index is 1390. The van der Waals surface area contributed by atoms with Crippen molar-refractivity contribution in [1.29, 1.82) is 0 Å². The van der Waals surface area contributed by atoms with Gasteiger partial charge in [0.15, 0.2) is 0 Å². The lowest BCUT2D eigenvalue weighted by molar-refractivity contribution is 0.179. The largest absolute Gasteiger partial charge is 0.388 e. The number of aliphatic hydroxyl groups excluding tert-OH is 2. The van der Waals surface area contributed by atoms with E-state index in [1.165, 1.54) is 9.80 Å². The third kappa shape index (κ3) is 4.58. The minimum absolute atomic E-state index is 0.469. The molecule has 4 aromatic rings. The molecule has 2 atom stereocenters. The lowest BCUT2D eigenvalue weighted by Gasteiger charge is -2.22. The summed E-state index contributed by atoms with van der Waals surface area (Å²) in [6.45, 7) is 0. The van der Waals surface area contributed by atoms with E-state index in [-0.39, 0.29) is 0 Å². The molecule has 0 saturated heterocycles. The van der Waals surface area contributed by atoms with Gasteiger partial charge in [-0.1, -0.05) is 72.8 Å². The summed E-state index contributed by atoms with van der Waals surface area (Å²) in [5.74, 6) is 0. The lowest BCUT2D eigenvalue weighted by atomic mass is 10.0. The quantitative estimate of drug-likeness (QED) is 0.266. The molecule has 2 heterocycles. The average molecular weight is 509 g/mol. The van der Waals surface area contributed by atoms with Crippen molar-refractivity contribution in [2.24, 2.45) is 11.5 Å². The number of urea groups is 2. The fourth-order valence-electron chi connectivity index (χ4n) is 5.12. The van der Waals surface area contributed by atoms with E-state index in [2.05, 4.69) is 0 Å². The molecule has 8 heteroatoms. The summed E-state index contributed by atoms with van der Waals surface area (Å²) in [5.41, 5.74) is 17.1. The number of carbonyl (C=O) groups is 2. The van der Waals surface area contributed by atoms with Crippen molar-refractivity contribution < 1.29 is 19.8 Å². The molecular formula is C30H28N4O4. The Labute approximate surface area is 220 Å². The van der Waals surface area contributed by atoms with Gasteiger partial charge in [0.1, 0.15) is 0 Å². The molecule has 2 aliphatic rings. The normalized spacial score (nSPS) is 17.3. The van der Waals surface area contributed by atoms with Gasteiger partial charge in [0.2, 0.25) is 0 Å². The highest BCUT2D eigenvalue weighted by molar-refractivity contribution is 6.01. The highest BCUT2D eigenvalue weighted by Gasteiger charge is 2.29. The highest BCUT2D eigenvalue weighted by Crippen LogP contribution is 2.40. The molecule has 4 aromatic carbocycles. The Morgan fingerprint density at radius 2 is 0.868 bits per heavy atom. The molecule has 6 rings (SSSR count). The van der Waals surface area contributed by atoms with Crippen molar-refractivity contribution in [1.82, 2.24) is 0 Å². The number of nitrogens with two attached hydrogens (primary N) is 2. The molecule has 0 unspecified atom stereocenters. The van der Waals surface area contributed by atoms with Gasteiger partial charge in [-0.3, -0.25) is 9.80 Å². The van der Waals surface area contributed by atoms with Gasteiger partial charge in [-0.2, -0.15) is 0 Å². The topological polar surface area (TPSA) is 133 Å². The van der Waals surface area contributed by atoms with Crippen molar-refractivity contribution in [2.75, 3.05) is 9.80 Å². The van der Waals surface area contributed by atoms with Crippen LogP contribution >= 0.6 is 0 Å². The number of primary amides is 2. The number of anilines is 4. The molecule has 0 radical (unpaired) electrons. The fourth-order valence-corrected chi connectivity index (χ4v) is 5.12. The van der Waals surface area contributed by atoms with Crippen LogP contribution < -0.4 is 21.3 Å². The van der Waals surface area contributed by atoms with Crippen molar-refractivity contribution in [2.45, 2.75) is 25.0 Å². The number of hydrogen-bond acceptors (Lipinski definition) is 4. The Hall–Kier alpha value is -4.66. The maximum Gasteiger partial charge on any atom is 0.323 e. The van der Waals surface area contributed by atoms with Crippen LogP contribution in [0.3, 0.4) is 0 Å². The van der Waals surface area contributed by atoms with Crippen LogP contribution in [0, 0.1) is 0 Å². The predicted octanol–water partition coefficient (Wildman–Crippen LogP) is 4.99. The number of aliphatic hydroxyl groups is 2. The maximum absolute atomic E-state index is 11.8. The molecule has 38 heavy (non-hydrogen) atoms. The second kappa shape index (κ2) is 10.4. The summed E-state index contributed by atoms with van der Waals surface area (Å²) < 4.78 is 0. The van der Waals surface area contributed by atoms with Crippen molar-refractivity contribution >= 4 is 34.8 Å². The van der Waals surface area contributed by atoms with Crippen molar-refractivity contribution in [3.63, 3.8) is 0 Å². The van der Waals surface area contributed by atoms with E-state index >= 15 is 0 Å². The Morgan fingerprint density at radius 3 is 1.24 bits per heavy atom. The molecule has 0 bridgehead atoms. The minimum atomic E-state index is -0.637. The number of rotatable bonds is 0. The van der Waals surface area contributed by atoms with Gasteiger partial charge in [-0.15, -0.1) is 0 Å². The van der Waals surface area contributed by atoms with Gasteiger partial charge in [0.05, 0.1) is 35.0 Å². The lowest BCUT2D eigenvalue weighted by Crippen LogP contribution is -2.32. The molecule has 0 aliphatic carbocycles. The van der Waals surface area contributed by atoms with Gasteiger partial charge in [0, 0.05) is 24.0 Å². The van der Waals surface area contributed by atoms with E-state index in [1.807, 2.05) is 84.9 Å². The molecule has 0 fully saturated rings. The van der Waals surface area contributed by atoms with Gasteiger partial charge in [-0.25, -0.2) is 9.59 Å². The molecule has 2 aliphatic heterocycles. The summed E-state index contributed by atoms with van der Waals surface area (Å²) >= 11 is 0. The summed E-state index contributed by atoms with van der Waals surface area (Å²) in [6.07, 6.45) is -0.336. The summed E-state index contributed by atoms with van der Waals surface area (Å²) in [6, 6.07) is 28.5. The number of hydrogen-bond donors (Lipinski definition) is 4. The number of nitrogens with zero attached hydrogens (tertiary/aromatic N) is 2. The predicted molar refractivity (Wildman–Crippen MR) is 147 cm³/mol. The molecule has 0 aromatic heterocycles. The second-order valence-electron chi connectivity index (χ2n) is 9.16. The SMILES string of the molecule is NC(=O)N1c2ccccc2C[C@@H](O)c2ccccc21.NC(=O)N1c2ccccc2C[C@H](O)c2ccccc21. The van der Waals surface area contributed by atoms with Gasteiger partial charge in [0.25, 0.3) is 0 Å².